The van der Waals surface area contributed by atoms with Crippen molar-refractivity contribution in [3.05, 3.63) is 33.9 Å². The fourth-order valence-corrected chi connectivity index (χ4v) is 2.98. The van der Waals surface area contributed by atoms with Crippen LogP contribution in [0.3, 0.4) is 0 Å². The maximum absolute atomic E-state index is 12.6. The summed E-state index contributed by atoms with van der Waals surface area (Å²) >= 11 is 6.07. The number of carbonyl (C=O) groups excluding carboxylic acids is 1. The van der Waals surface area contributed by atoms with E-state index in [4.69, 9.17) is 11.6 Å². The number of rotatable bonds is 2. The van der Waals surface area contributed by atoms with E-state index in [1.165, 1.54) is 0 Å². The third-order valence-corrected chi connectivity index (χ3v) is 4.06. The average molecular weight is 308 g/mol. The van der Waals surface area contributed by atoms with Gasteiger partial charge < -0.3 is 4.90 Å². The van der Waals surface area contributed by atoms with Gasteiger partial charge >= 0.3 is 0 Å². The molecule has 1 N–H and O–H groups in total. The molecule has 1 aliphatic heterocycles. The van der Waals surface area contributed by atoms with Crippen molar-refractivity contribution in [3.8, 4) is 0 Å². The minimum absolute atomic E-state index is 0.123. The van der Waals surface area contributed by atoms with Crippen molar-refractivity contribution >= 4 is 17.5 Å². The summed E-state index contributed by atoms with van der Waals surface area (Å²) < 4.78 is 1.56. The molecule has 0 bridgehead atoms. The molecule has 0 fully saturated rings. The van der Waals surface area contributed by atoms with Crippen molar-refractivity contribution in [2.24, 2.45) is 7.05 Å². The van der Waals surface area contributed by atoms with Crippen molar-refractivity contribution in [1.82, 2.24) is 24.9 Å². The first-order chi connectivity index (χ1) is 9.97. The van der Waals surface area contributed by atoms with E-state index in [2.05, 4.69) is 29.1 Å². The highest BCUT2D eigenvalue weighted by molar-refractivity contribution is 6.33. The first-order valence-electron chi connectivity index (χ1n) is 7.01. The molecule has 6 nitrogen and oxygen atoms in total. The number of aromatic amines is 1. The molecule has 2 aromatic rings. The van der Waals surface area contributed by atoms with Crippen LogP contribution in [0.25, 0.3) is 0 Å². The van der Waals surface area contributed by atoms with Gasteiger partial charge in [-0.2, -0.15) is 10.2 Å². The van der Waals surface area contributed by atoms with Crippen molar-refractivity contribution < 1.29 is 4.79 Å². The molecule has 0 radical (unpaired) electrons. The number of amides is 1. The van der Waals surface area contributed by atoms with E-state index in [1.54, 1.807) is 22.8 Å². The van der Waals surface area contributed by atoms with Crippen LogP contribution in [-0.4, -0.2) is 37.3 Å². The maximum Gasteiger partial charge on any atom is 0.276 e. The van der Waals surface area contributed by atoms with E-state index in [0.717, 1.165) is 23.4 Å². The molecule has 1 amide bonds. The monoisotopic (exact) mass is 307 g/mol. The van der Waals surface area contributed by atoms with Crippen LogP contribution in [-0.2, 0) is 20.0 Å². The molecule has 21 heavy (non-hydrogen) atoms. The largest absolute Gasteiger partial charge is 0.332 e. The lowest BCUT2D eigenvalue weighted by Gasteiger charge is -2.27. The van der Waals surface area contributed by atoms with Gasteiger partial charge in [0.2, 0.25) is 0 Å². The molecule has 2 aromatic heterocycles. The highest BCUT2D eigenvalue weighted by atomic mass is 35.5. The summed E-state index contributed by atoms with van der Waals surface area (Å²) in [4.78, 5) is 14.4. The molecular weight excluding hydrogens is 290 g/mol. The van der Waals surface area contributed by atoms with Crippen LogP contribution in [0.5, 0.6) is 0 Å². The number of carbonyl (C=O) groups is 1. The molecule has 3 rings (SSSR count). The molecule has 0 saturated carbocycles. The average Bonchev–Trinajstić information content (AvgIpc) is 3.00. The molecule has 0 unspecified atom stereocenters. The maximum atomic E-state index is 12.6. The number of nitrogens with zero attached hydrogens (tertiary/aromatic N) is 4. The number of nitrogens with one attached hydrogen (secondary N) is 1. The first kappa shape index (κ1) is 14.1. The Balaban J connectivity index is 1.87. The Morgan fingerprint density at radius 3 is 2.86 bits per heavy atom. The Kier molecular flexibility index (Phi) is 3.49. The molecular formula is C14H18ClN5O. The summed E-state index contributed by atoms with van der Waals surface area (Å²) in [6, 6.07) is 0. The van der Waals surface area contributed by atoms with Crippen molar-refractivity contribution in [3.63, 3.8) is 0 Å². The van der Waals surface area contributed by atoms with Crippen LogP contribution in [0.2, 0.25) is 5.02 Å². The van der Waals surface area contributed by atoms with Crippen LogP contribution in [0.4, 0.5) is 0 Å². The molecule has 1 aliphatic rings. The summed E-state index contributed by atoms with van der Waals surface area (Å²) in [5.74, 6) is 0.209. The molecule has 0 spiro atoms. The molecule has 3 heterocycles. The van der Waals surface area contributed by atoms with Crippen molar-refractivity contribution in [2.45, 2.75) is 32.7 Å². The molecule has 0 atom stereocenters. The third-order valence-electron chi connectivity index (χ3n) is 3.79. The highest BCUT2D eigenvalue weighted by Crippen LogP contribution is 2.27. The molecule has 0 aromatic carbocycles. The predicted octanol–water partition coefficient (Wildman–Crippen LogP) is 2.12. The lowest BCUT2D eigenvalue weighted by atomic mass is 9.99. The quantitative estimate of drug-likeness (QED) is 0.924. The Labute approximate surface area is 128 Å². The first-order valence-corrected chi connectivity index (χ1v) is 7.39. The number of halogens is 1. The zero-order valence-electron chi connectivity index (χ0n) is 12.4. The number of hydrogen-bond donors (Lipinski definition) is 1. The second-order valence-corrected chi connectivity index (χ2v) is 6.10. The zero-order chi connectivity index (χ0) is 15.1. The van der Waals surface area contributed by atoms with Gasteiger partial charge in [0, 0.05) is 44.0 Å². The van der Waals surface area contributed by atoms with Crippen molar-refractivity contribution in [1.29, 1.82) is 0 Å². The molecule has 7 heteroatoms. The minimum Gasteiger partial charge on any atom is -0.332 e. The van der Waals surface area contributed by atoms with Gasteiger partial charge in [-0.3, -0.25) is 14.6 Å². The van der Waals surface area contributed by atoms with E-state index in [9.17, 15) is 4.79 Å². The fourth-order valence-electron chi connectivity index (χ4n) is 2.72. The van der Waals surface area contributed by atoms with E-state index in [-0.39, 0.29) is 5.91 Å². The lowest BCUT2D eigenvalue weighted by Crippen LogP contribution is -2.36. The number of aryl methyl sites for hydroxylation is 1. The zero-order valence-corrected chi connectivity index (χ0v) is 13.1. The summed E-state index contributed by atoms with van der Waals surface area (Å²) in [5.41, 5.74) is 3.62. The molecule has 0 aliphatic carbocycles. The van der Waals surface area contributed by atoms with Gasteiger partial charge in [-0.05, 0) is 5.92 Å². The van der Waals surface area contributed by atoms with Crippen LogP contribution >= 0.6 is 11.6 Å². The van der Waals surface area contributed by atoms with Crippen LogP contribution in [0.15, 0.2) is 6.20 Å². The predicted molar refractivity (Wildman–Crippen MR) is 79.3 cm³/mol. The number of hydrogen-bond acceptors (Lipinski definition) is 3. The molecule has 112 valence electrons. The van der Waals surface area contributed by atoms with Gasteiger partial charge in [0.05, 0.1) is 10.7 Å². The topological polar surface area (TPSA) is 66.8 Å². The lowest BCUT2D eigenvalue weighted by molar-refractivity contribution is 0.0727. The Bertz CT molecular complexity index is 688. The van der Waals surface area contributed by atoms with E-state index in [1.807, 2.05) is 0 Å². The standard InChI is InChI=1S/C14H18ClN5O/c1-8(2)12-9-6-20(5-4-11(9)16-17-12)14(21)13-10(15)7-19(3)18-13/h7-8H,4-6H2,1-3H3,(H,16,17). The van der Waals surface area contributed by atoms with Gasteiger partial charge in [0.15, 0.2) is 5.69 Å². The normalized spacial score (nSPS) is 14.6. The second-order valence-electron chi connectivity index (χ2n) is 5.70. The summed E-state index contributed by atoms with van der Waals surface area (Å²) in [5, 5.41) is 12.0. The van der Waals surface area contributed by atoms with E-state index >= 15 is 0 Å². The van der Waals surface area contributed by atoms with E-state index < -0.39 is 0 Å². The van der Waals surface area contributed by atoms with E-state index in [0.29, 0.717) is 29.7 Å². The Morgan fingerprint density at radius 2 is 2.24 bits per heavy atom. The van der Waals surface area contributed by atoms with Crippen LogP contribution in [0.1, 0.15) is 47.2 Å². The smallest absolute Gasteiger partial charge is 0.276 e. The van der Waals surface area contributed by atoms with Gasteiger partial charge in [-0.15, -0.1) is 0 Å². The Hall–Kier alpha value is -1.82. The minimum atomic E-state index is -0.123. The van der Waals surface area contributed by atoms with Crippen molar-refractivity contribution in [2.75, 3.05) is 6.54 Å². The van der Waals surface area contributed by atoms with Gasteiger partial charge in [-0.25, -0.2) is 0 Å². The summed E-state index contributed by atoms with van der Waals surface area (Å²) in [6.07, 6.45) is 2.42. The van der Waals surface area contributed by atoms with Gasteiger partial charge in [0.1, 0.15) is 0 Å². The summed E-state index contributed by atoms with van der Waals surface area (Å²) in [6.45, 7) is 5.42. The summed E-state index contributed by atoms with van der Waals surface area (Å²) in [7, 11) is 1.75. The fraction of sp³-hybridized carbons (Fsp3) is 0.500. The number of H-pyrrole nitrogens is 1. The second kappa shape index (κ2) is 5.18. The Morgan fingerprint density at radius 1 is 1.48 bits per heavy atom. The highest BCUT2D eigenvalue weighted by Gasteiger charge is 2.28. The number of fused-ring (bicyclic) bond motifs is 1. The van der Waals surface area contributed by atoms with Crippen LogP contribution < -0.4 is 0 Å². The van der Waals surface area contributed by atoms with Gasteiger partial charge in [-0.1, -0.05) is 25.4 Å². The molecule has 0 saturated heterocycles. The third kappa shape index (κ3) is 2.44. The SMILES string of the molecule is CC(C)c1n[nH]c2c1CN(C(=O)c1nn(C)cc1Cl)CC2. The van der Waals surface area contributed by atoms with Gasteiger partial charge in [0.25, 0.3) is 5.91 Å². The number of aromatic nitrogens is 4. The van der Waals surface area contributed by atoms with Crippen LogP contribution in [0, 0.1) is 0 Å².